The molecule has 2 aromatic heterocycles. The summed E-state index contributed by atoms with van der Waals surface area (Å²) in [6.07, 6.45) is 2.50. The summed E-state index contributed by atoms with van der Waals surface area (Å²) >= 11 is 1.44. The normalized spacial score (nSPS) is 17.5. The van der Waals surface area contributed by atoms with Gasteiger partial charge in [0.1, 0.15) is 11.7 Å². The fourth-order valence-corrected chi connectivity index (χ4v) is 4.16. The third-order valence-electron chi connectivity index (χ3n) is 4.75. The van der Waals surface area contributed by atoms with Gasteiger partial charge >= 0.3 is 0 Å². The lowest BCUT2D eigenvalue weighted by molar-refractivity contribution is -0.127. The number of hydrogen-bond donors (Lipinski definition) is 1. The number of aryl methyl sites for hydroxylation is 1. The number of fused-ring (bicyclic) bond motifs is 1. The predicted octanol–water partition coefficient (Wildman–Crippen LogP) is 2.72. The van der Waals surface area contributed by atoms with Crippen molar-refractivity contribution >= 4 is 28.1 Å². The van der Waals surface area contributed by atoms with Crippen LogP contribution in [0.1, 0.15) is 29.4 Å². The van der Waals surface area contributed by atoms with Crippen LogP contribution in [0.25, 0.3) is 16.2 Å². The Bertz CT molecular complexity index is 973. The van der Waals surface area contributed by atoms with Crippen LogP contribution in [-0.4, -0.2) is 45.2 Å². The molecule has 0 aliphatic carbocycles. The fraction of sp³-hybridized carbons (Fsp3) is 0.316. The van der Waals surface area contributed by atoms with Gasteiger partial charge in [0.25, 0.3) is 5.91 Å². The van der Waals surface area contributed by atoms with Gasteiger partial charge in [0.2, 0.25) is 5.91 Å². The summed E-state index contributed by atoms with van der Waals surface area (Å²) in [6, 6.07) is 7.75. The molecule has 6 nitrogen and oxygen atoms in total. The van der Waals surface area contributed by atoms with Crippen molar-refractivity contribution in [3.05, 3.63) is 47.1 Å². The number of rotatable bonds is 3. The molecular formula is C19H20N4O2S. The third-order valence-corrected chi connectivity index (χ3v) is 5.59. The molecule has 0 bridgehead atoms. The highest BCUT2D eigenvalue weighted by atomic mass is 32.1. The molecule has 134 valence electrons. The Morgan fingerprint density at radius 3 is 2.85 bits per heavy atom. The summed E-state index contributed by atoms with van der Waals surface area (Å²) in [5.41, 5.74) is 3.62. The van der Waals surface area contributed by atoms with E-state index in [0.717, 1.165) is 16.2 Å². The number of aromatic nitrogens is 2. The quantitative estimate of drug-likeness (QED) is 0.773. The van der Waals surface area contributed by atoms with Crippen LogP contribution in [0.4, 0.5) is 0 Å². The monoisotopic (exact) mass is 368 g/mol. The van der Waals surface area contributed by atoms with Gasteiger partial charge in [0.15, 0.2) is 4.96 Å². The lowest BCUT2D eigenvalue weighted by atomic mass is 10.1. The number of carbonyl (C=O) groups is 2. The molecule has 1 aromatic carbocycles. The minimum Gasteiger partial charge on any atom is -0.353 e. The maximum Gasteiger partial charge on any atom is 0.272 e. The van der Waals surface area contributed by atoms with E-state index in [9.17, 15) is 9.59 Å². The highest BCUT2D eigenvalue weighted by Crippen LogP contribution is 2.25. The Balaban J connectivity index is 1.69. The SMILES string of the molecule is CC[C@H]1C(=O)NCCN1C(=O)c1csc2nc(-c3ccc(C)cc3)cn12. The second kappa shape index (κ2) is 6.57. The van der Waals surface area contributed by atoms with Gasteiger partial charge in [-0.1, -0.05) is 36.8 Å². The highest BCUT2D eigenvalue weighted by Gasteiger charge is 2.33. The number of carbonyl (C=O) groups excluding carboxylic acids is 2. The standard InChI is InChI=1S/C19H20N4O2S/c1-3-15-17(24)20-8-9-22(15)18(25)16-11-26-19-21-14(10-23(16)19)13-6-4-12(2)5-7-13/h4-7,10-11,15H,3,8-9H2,1-2H3,(H,20,24)/t15-/m0/s1. The summed E-state index contributed by atoms with van der Waals surface area (Å²) < 4.78 is 1.83. The second-order valence-electron chi connectivity index (χ2n) is 6.48. The van der Waals surface area contributed by atoms with E-state index >= 15 is 0 Å². The number of piperazine rings is 1. The van der Waals surface area contributed by atoms with Crippen molar-refractivity contribution in [3.63, 3.8) is 0 Å². The first-order chi connectivity index (χ1) is 12.6. The Morgan fingerprint density at radius 2 is 2.12 bits per heavy atom. The predicted molar refractivity (Wildman–Crippen MR) is 101 cm³/mol. The molecule has 7 heteroatoms. The van der Waals surface area contributed by atoms with E-state index < -0.39 is 6.04 Å². The van der Waals surface area contributed by atoms with Crippen LogP contribution < -0.4 is 5.32 Å². The molecule has 4 rings (SSSR count). The maximum absolute atomic E-state index is 13.1. The topological polar surface area (TPSA) is 66.7 Å². The first kappa shape index (κ1) is 16.8. The van der Waals surface area contributed by atoms with E-state index in [2.05, 4.69) is 10.3 Å². The van der Waals surface area contributed by atoms with Crippen molar-refractivity contribution in [2.24, 2.45) is 0 Å². The average molecular weight is 368 g/mol. The molecule has 0 unspecified atom stereocenters. The summed E-state index contributed by atoms with van der Waals surface area (Å²) in [6.45, 7) is 4.99. The fourth-order valence-electron chi connectivity index (χ4n) is 3.31. The van der Waals surface area contributed by atoms with Crippen LogP contribution in [0.3, 0.4) is 0 Å². The zero-order chi connectivity index (χ0) is 18.3. The molecule has 1 N–H and O–H groups in total. The molecule has 0 saturated carbocycles. The largest absolute Gasteiger partial charge is 0.353 e. The number of benzene rings is 1. The second-order valence-corrected chi connectivity index (χ2v) is 7.32. The molecule has 3 aromatic rings. The van der Waals surface area contributed by atoms with Crippen molar-refractivity contribution in [2.75, 3.05) is 13.1 Å². The average Bonchev–Trinajstić information content (AvgIpc) is 3.22. The number of nitrogens with zero attached hydrogens (tertiary/aromatic N) is 3. The molecule has 1 aliphatic rings. The van der Waals surface area contributed by atoms with E-state index in [1.807, 2.05) is 54.1 Å². The van der Waals surface area contributed by atoms with Crippen LogP contribution >= 0.6 is 11.3 Å². The van der Waals surface area contributed by atoms with Crippen molar-refractivity contribution in [3.8, 4) is 11.3 Å². The Kier molecular flexibility index (Phi) is 4.24. The van der Waals surface area contributed by atoms with E-state index in [1.54, 1.807) is 4.90 Å². The first-order valence-corrected chi connectivity index (χ1v) is 9.58. The smallest absolute Gasteiger partial charge is 0.272 e. The van der Waals surface area contributed by atoms with Gasteiger partial charge in [0.05, 0.1) is 5.69 Å². The molecule has 1 fully saturated rings. The minimum atomic E-state index is -0.411. The van der Waals surface area contributed by atoms with Crippen LogP contribution in [0.15, 0.2) is 35.8 Å². The first-order valence-electron chi connectivity index (χ1n) is 8.71. The number of imidazole rings is 1. The lowest BCUT2D eigenvalue weighted by Gasteiger charge is -2.34. The molecular weight excluding hydrogens is 348 g/mol. The summed E-state index contributed by atoms with van der Waals surface area (Å²) in [5.74, 6) is -0.199. The Morgan fingerprint density at radius 1 is 1.35 bits per heavy atom. The van der Waals surface area contributed by atoms with Crippen LogP contribution in [0.2, 0.25) is 0 Å². The Labute approximate surface area is 155 Å². The summed E-state index contributed by atoms with van der Waals surface area (Å²) in [5, 5.41) is 4.65. The van der Waals surface area contributed by atoms with Crippen LogP contribution in [0.5, 0.6) is 0 Å². The highest BCUT2D eigenvalue weighted by molar-refractivity contribution is 7.15. The van der Waals surface area contributed by atoms with Gasteiger partial charge in [-0.15, -0.1) is 11.3 Å². The van der Waals surface area contributed by atoms with Crippen LogP contribution in [-0.2, 0) is 4.79 Å². The van der Waals surface area contributed by atoms with Gasteiger partial charge in [-0.2, -0.15) is 0 Å². The van der Waals surface area contributed by atoms with E-state index in [1.165, 1.54) is 16.9 Å². The number of amides is 2. The lowest BCUT2D eigenvalue weighted by Crippen LogP contribution is -2.57. The van der Waals surface area contributed by atoms with E-state index in [0.29, 0.717) is 25.2 Å². The molecule has 3 heterocycles. The van der Waals surface area contributed by atoms with Gasteiger partial charge in [0, 0.05) is 30.2 Å². The van der Waals surface area contributed by atoms with Crippen molar-refractivity contribution in [1.29, 1.82) is 0 Å². The number of thiazole rings is 1. The molecule has 2 amide bonds. The van der Waals surface area contributed by atoms with E-state index in [4.69, 9.17) is 0 Å². The van der Waals surface area contributed by atoms with Gasteiger partial charge in [-0.25, -0.2) is 4.98 Å². The van der Waals surface area contributed by atoms with Crippen molar-refractivity contribution in [2.45, 2.75) is 26.3 Å². The molecule has 26 heavy (non-hydrogen) atoms. The number of hydrogen-bond acceptors (Lipinski definition) is 4. The summed E-state index contributed by atoms with van der Waals surface area (Å²) in [7, 11) is 0. The molecule has 1 saturated heterocycles. The zero-order valence-corrected chi connectivity index (χ0v) is 15.5. The van der Waals surface area contributed by atoms with Crippen LogP contribution in [0, 0.1) is 6.92 Å². The number of nitrogens with one attached hydrogen (secondary N) is 1. The van der Waals surface area contributed by atoms with Crippen molar-refractivity contribution < 1.29 is 9.59 Å². The maximum atomic E-state index is 13.1. The van der Waals surface area contributed by atoms with Gasteiger partial charge < -0.3 is 10.2 Å². The van der Waals surface area contributed by atoms with Gasteiger partial charge in [-0.05, 0) is 13.3 Å². The zero-order valence-electron chi connectivity index (χ0n) is 14.7. The minimum absolute atomic E-state index is 0.0791. The molecule has 1 aliphatic heterocycles. The summed E-state index contributed by atoms with van der Waals surface area (Å²) in [4.78, 5) is 32.2. The molecule has 0 spiro atoms. The van der Waals surface area contributed by atoms with E-state index in [-0.39, 0.29) is 11.8 Å². The Hall–Kier alpha value is -2.67. The molecule has 1 atom stereocenters. The molecule has 0 radical (unpaired) electrons. The van der Waals surface area contributed by atoms with Gasteiger partial charge in [-0.3, -0.25) is 14.0 Å². The third kappa shape index (κ3) is 2.78. The van der Waals surface area contributed by atoms with Crippen molar-refractivity contribution in [1.82, 2.24) is 19.6 Å².